The molecule has 3 rings (SSSR count). The van der Waals surface area contributed by atoms with Gasteiger partial charge in [-0.15, -0.1) is 0 Å². The van der Waals surface area contributed by atoms with E-state index in [1.807, 2.05) is 12.1 Å². The maximum absolute atomic E-state index is 5.53. The molecule has 0 aliphatic carbocycles. The maximum atomic E-state index is 5.53. The number of fused-ring (bicyclic) bond motifs is 1. The van der Waals surface area contributed by atoms with Crippen LogP contribution >= 0.6 is 15.9 Å². The van der Waals surface area contributed by atoms with E-state index in [1.165, 1.54) is 0 Å². The first-order chi connectivity index (χ1) is 9.28. The van der Waals surface area contributed by atoms with E-state index in [0.717, 1.165) is 23.1 Å². The van der Waals surface area contributed by atoms with Crippen molar-refractivity contribution in [2.75, 3.05) is 36.6 Å². The number of nitrogens with two attached hydrogens (primary N) is 1. The van der Waals surface area contributed by atoms with Crippen LogP contribution < -0.4 is 16.2 Å². The zero-order chi connectivity index (χ0) is 13.2. The van der Waals surface area contributed by atoms with Crippen LogP contribution in [-0.2, 0) is 4.74 Å². The number of halogens is 1. The van der Waals surface area contributed by atoms with E-state index in [9.17, 15) is 0 Å². The first kappa shape index (κ1) is 12.5. The van der Waals surface area contributed by atoms with Crippen molar-refractivity contribution in [1.29, 1.82) is 0 Å². The third-order valence-corrected chi connectivity index (χ3v) is 3.39. The van der Waals surface area contributed by atoms with Gasteiger partial charge in [0.15, 0.2) is 11.5 Å². The van der Waals surface area contributed by atoms with Crippen molar-refractivity contribution in [2.24, 2.45) is 5.84 Å². The smallest absolute Gasteiger partial charge is 0.229 e. The third kappa shape index (κ3) is 2.46. The standard InChI is InChI=1S/C11H13BrN6O/c12-8-2-1-7-9(14-8)15-11(16-10(7)17-13)18-3-5-19-6-4-18/h1-2H,3-6,13H2,(H,14,15,16,17). The lowest BCUT2D eigenvalue weighted by molar-refractivity contribution is 0.122. The fourth-order valence-electron chi connectivity index (χ4n) is 1.99. The average molecular weight is 325 g/mol. The second kappa shape index (κ2) is 5.24. The Morgan fingerprint density at radius 2 is 2.00 bits per heavy atom. The van der Waals surface area contributed by atoms with Gasteiger partial charge in [0.25, 0.3) is 0 Å². The number of hydrogen-bond acceptors (Lipinski definition) is 7. The van der Waals surface area contributed by atoms with Crippen LogP contribution in [0, 0.1) is 0 Å². The van der Waals surface area contributed by atoms with Gasteiger partial charge in [0.05, 0.1) is 18.6 Å². The fraction of sp³-hybridized carbons (Fsp3) is 0.364. The molecule has 3 N–H and O–H groups in total. The molecule has 0 aromatic carbocycles. The highest BCUT2D eigenvalue weighted by Crippen LogP contribution is 2.23. The Kier molecular flexibility index (Phi) is 3.45. The van der Waals surface area contributed by atoms with Crippen molar-refractivity contribution in [3.63, 3.8) is 0 Å². The van der Waals surface area contributed by atoms with Gasteiger partial charge in [-0.3, -0.25) is 0 Å². The lowest BCUT2D eigenvalue weighted by atomic mass is 10.3. The summed E-state index contributed by atoms with van der Waals surface area (Å²) < 4.78 is 6.05. The van der Waals surface area contributed by atoms with Crippen molar-refractivity contribution >= 4 is 38.7 Å². The molecule has 7 nitrogen and oxygen atoms in total. The number of ether oxygens (including phenoxy) is 1. The van der Waals surface area contributed by atoms with Crippen LogP contribution in [0.2, 0.25) is 0 Å². The molecular weight excluding hydrogens is 312 g/mol. The highest BCUT2D eigenvalue weighted by Gasteiger charge is 2.16. The summed E-state index contributed by atoms with van der Waals surface area (Å²) in [6, 6.07) is 3.71. The quantitative estimate of drug-likeness (QED) is 0.482. The maximum Gasteiger partial charge on any atom is 0.229 e. The summed E-state index contributed by atoms with van der Waals surface area (Å²) in [5.41, 5.74) is 3.21. The number of anilines is 2. The Hall–Kier alpha value is -1.51. The summed E-state index contributed by atoms with van der Waals surface area (Å²) in [6.45, 7) is 2.89. The minimum absolute atomic E-state index is 0.575. The molecule has 0 unspecified atom stereocenters. The number of rotatable bonds is 2. The molecule has 1 fully saturated rings. The van der Waals surface area contributed by atoms with E-state index < -0.39 is 0 Å². The molecule has 0 saturated carbocycles. The summed E-state index contributed by atoms with van der Waals surface area (Å²) in [4.78, 5) is 15.3. The van der Waals surface area contributed by atoms with Crippen LogP contribution in [0.3, 0.4) is 0 Å². The fourth-order valence-corrected chi connectivity index (χ4v) is 2.29. The molecule has 100 valence electrons. The number of nitrogen functional groups attached to an aromatic ring is 1. The van der Waals surface area contributed by atoms with Crippen LogP contribution in [0.15, 0.2) is 16.7 Å². The van der Waals surface area contributed by atoms with Gasteiger partial charge in [0.2, 0.25) is 5.95 Å². The van der Waals surface area contributed by atoms with Gasteiger partial charge in [-0.05, 0) is 28.1 Å². The third-order valence-electron chi connectivity index (χ3n) is 2.94. The number of nitrogens with zero attached hydrogens (tertiary/aromatic N) is 4. The molecule has 0 bridgehead atoms. The van der Waals surface area contributed by atoms with Gasteiger partial charge < -0.3 is 15.1 Å². The lowest BCUT2D eigenvalue weighted by Gasteiger charge is -2.27. The Morgan fingerprint density at radius 1 is 1.21 bits per heavy atom. The summed E-state index contributed by atoms with van der Waals surface area (Å²) in [5, 5.41) is 0.794. The zero-order valence-corrected chi connectivity index (χ0v) is 11.7. The van der Waals surface area contributed by atoms with Crippen LogP contribution in [-0.4, -0.2) is 41.3 Å². The van der Waals surface area contributed by atoms with Crippen molar-refractivity contribution in [3.05, 3.63) is 16.7 Å². The second-order valence-corrected chi connectivity index (χ2v) is 4.93. The van der Waals surface area contributed by atoms with Crippen molar-refractivity contribution in [3.8, 4) is 0 Å². The number of aromatic nitrogens is 3. The normalized spacial score (nSPS) is 15.8. The van der Waals surface area contributed by atoms with E-state index >= 15 is 0 Å². The topological polar surface area (TPSA) is 89.2 Å². The number of pyridine rings is 1. The van der Waals surface area contributed by atoms with Gasteiger partial charge in [0, 0.05) is 13.1 Å². The van der Waals surface area contributed by atoms with E-state index in [1.54, 1.807) is 0 Å². The number of nitrogens with one attached hydrogen (secondary N) is 1. The Labute approximate surface area is 118 Å². The summed E-state index contributed by atoms with van der Waals surface area (Å²) in [6.07, 6.45) is 0. The summed E-state index contributed by atoms with van der Waals surface area (Å²) in [5.74, 6) is 6.72. The van der Waals surface area contributed by atoms with Crippen LogP contribution in [0.4, 0.5) is 11.8 Å². The SMILES string of the molecule is NNc1nc(N2CCOCC2)nc2nc(Br)ccc12. The van der Waals surface area contributed by atoms with Crippen LogP contribution in [0.25, 0.3) is 11.0 Å². The highest BCUT2D eigenvalue weighted by atomic mass is 79.9. The van der Waals surface area contributed by atoms with Crippen LogP contribution in [0.1, 0.15) is 0 Å². The monoisotopic (exact) mass is 324 g/mol. The summed E-state index contributed by atoms with van der Waals surface area (Å²) in [7, 11) is 0. The molecule has 1 saturated heterocycles. The Balaban J connectivity index is 2.09. The van der Waals surface area contributed by atoms with E-state index in [2.05, 4.69) is 41.2 Å². The number of hydrogen-bond donors (Lipinski definition) is 2. The molecule has 0 atom stereocenters. The highest BCUT2D eigenvalue weighted by molar-refractivity contribution is 9.10. The molecule has 3 heterocycles. The van der Waals surface area contributed by atoms with E-state index in [4.69, 9.17) is 10.6 Å². The molecule has 2 aromatic heterocycles. The zero-order valence-electron chi connectivity index (χ0n) is 10.1. The molecule has 19 heavy (non-hydrogen) atoms. The molecular formula is C11H13BrN6O. The second-order valence-electron chi connectivity index (χ2n) is 4.12. The van der Waals surface area contributed by atoms with E-state index in [0.29, 0.717) is 30.6 Å². The molecule has 2 aromatic rings. The minimum atomic E-state index is 0.575. The average Bonchev–Trinajstić information content (AvgIpc) is 2.46. The van der Waals surface area contributed by atoms with Gasteiger partial charge in [-0.25, -0.2) is 10.8 Å². The predicted octanol–water partition coefficient (Wildman–Crippen LogP) is 0.909. The Bertz CT molecular complexity index is 601. The molecule has 1 aliphatic heterocycles. The molecule has 0 amide bonds. The molecule has 0 radical (unpaired) electrons. The predicted molar refractivity (Wildman–Crippen MR) is 75.9 cm³/mol. The lowest BCUT2D eigenvalue weighted by Crippen LogP contribution is -2.37. The van der Waals surface area contributed by atoms with E-state index in [-0.39, 0.29) is 0 Å². The number of hydrazine groups is 1. The Morgan fingerprint density at radius 3 is 2.74 bits per heavy atom. The van der Waals surface area contributed by atoms with Gasteiger partial charge >= 0.3 is 0 Å². The summed E-state index contributed by atoms with van der Waals surface area (Å²) >= 11 is 3.34. The van der Waals surface area contributed by atoms with Crippen LogP contribution in [0.5, 0.6) is 0 Å². The van der Waals surface area contributed by atoms with Gasteiger partial charge in [0.1, 0.15) is 4.60 Å². The first-order valence-corrected chi connectivity index (χ1v) is 6.71. The number of morpholine rings is 1. The van der Waals surface area contributed by atoms with Gasteiger partial charge in [-0.2, -0.15) is 9.97 Å². The molecule has 1 aliphatic rings. The largest absolute Gasteiger partial charge is 0.378 e. The first-order valence-electron chi connectivity index (χ1n) is 5.91. The molecule has 8 heteroatoms. The van der Waals surface area contributed by atoms with Crippen molar-refractivity contribution < 1.29 is 4.74 Å². The molecule has 0 spiro atoms. The van der Waals surface area contributed by atoms with Crippen molar-refractivity contribution in [1.82, 2.24) is 15.0 Å². The minimum Gasteiger partial charge on any atom is -0.378 e. The van der Waals surface area contributed by atoms with Crippen molar-refractivity contribution in [2.45, 2.75) is 0 Å². The van der Waals surface area contributed by atoms with Gasteiger partial charge in [-0.1, -0.05) is 0 Å².